The largest absolute Gasteiger partial charge is 0.453 e. The van der Waals surface area contributed by atoms with Crippen molar-refractivity contribution in [2.24, 2.45) is 0 Å². The van der Waals surface area contributed by atoms with Crippen LogP contribution in [0.5, 0.6) is 46.0 Å². The summed E-state index contributed by atoms with van der Waals surface area (Å²) in [7, 11) is -4.80. The number of sulfone groups is 1. The van der Waals surface area contributed by atoms with Gasteiger partial charge in [0.15, 0.2) is 23.0 Å². The van der Waals surface area contributed by atoms with Crippen LogP contribution in [0.2, 0.25) is 0 Å². The summed E-state index contributed by atoms with van der Waals surface area (Å²) < 4.78 is 54.9. The van der Waals surface area contributed by atoms with Gasteiger partial charge in [-0.25, -0.2) is 8.42 Å². The van der Waals surface area contributed by atoms with Crippen molar-refractivity contribution in [3.8, 4) is 46.0 Å². The van der Waals surface area contributed by atoms with Gasteiger partial charge in [-0.3, -0.25) is 0 Å². The first kappa shape index (κ1) is 30.7. The van der Waals surface area contributed by atoms with Crippen molar-refractivity contribution in [1.29, 1.82) is 0 Å². The first-order valence-corrected chi connectivity index (χ1v) is 15.8. The molecule has 236 valence electrons. The van der Waals surface area contributed by atoms with E-state index >= 15 is 8.42 Å². The third-order valence-corrected chi connectivity index (χ3v) is 8.84. The lowest BCUT2D eigenvalue weighted by Gasteiger charge is -2.23. The fourth-order valence-electron chi connectivity index (χ4n) is 4.72. The van der Waals surface area contributed by atoms with Gasteiger partial charge in [-0.2, -0.15) is 0 Å². The van der Waals surface area contributed by atoms with Crippen molar-refractivity contribution < 1.29 is 27.4 Å². The maximum atomic E-state index is 15.1. The summed E-state index contributed by atoms with van der Waals surface area (Å²) in [6, 6.07) is 37.4. The molecule has 47 heavy (non-hydrogen) atoms. The Morgan fingerprint density at radius 1 is 0.404 bits per heavy atom. The van der Waals surface area contributed by atoms with E-state index in [1.54, 1.807) is 109 Å². The molecule has 6 aromatic carbocycles. The van der Waals surface area contributed by atoms with E-state index in [1.807, 2.05) is 12.1 Å². The average molecular weight is 647 g/mol. The Kier molecular flexibility index (Phi) is 8.46. The minimum Gasteiger partial charge on any atom is -0.453 e. The number of hydrogen-bond acceptors (Lipinski definition) is 10. The van der Waals surface area contributed by atoms with Crippen LogP contribution < -0.4 is 41.9 Å². The Hall–Kier alpha value is -6.33. The van der Waals surface area contributed by atoms with E-state index in [0.717, 1.165) is 0 Å². The standard InChI is InChI=1S/C36H30N4O6S/c37-27-21-29(43-23-13-5-1-6-14-23)33(45-25-17-9-3-10-18-25)35(31(27)39)47(41,42)36-32(40)28(38)22-30(44-24-15-7-2-8-16-24)34(36)46-26-19-11-4-12-20-26/h1-22H,37-40H2. The van der Waals surface area contributed by atoms with Gasteiger partial charge in [0, 0.05) is 12.1 Å². The highest BCUT2D eigenvalue weighted by Crippen LogP contribution is 2.53. The Balaban J connectivity index is 1.63. The minimum atomic E-state index is -4.80. The molecule has 0 aliphatic rings. The first-order valence-electron chi connectivity index (χ1n) is 14.3. The van der Waals surface area contributed by atoms with E-state index in [2.05, 4.69) is 0 Å². The molecule has 0 radical (unpaired) electrons. The lowest BCUT2D eigenvalue weighted by Crippen LogP contribution is -2.14. The Morgan fingerprint density at radius 2 is 0.681 bits per heavy atom. The molecule has 10 nitrogen and oxygen atoms in total. The van der Waals surface area contributed by atoms with Crippen LogP contribution in [-0.2, 0) is 9.84 Å². The third-order valence-electron chi connectivity index (χ3n) is 6.95. The number of ether oxygens (including phenoxy) is 4. The lowest BCUT2D eigenvalue weighted by atomic mass is 10.2. The maximum Gasteiger partial charge on any atom is 0.218 e. The highest BCUT2D eigenvalue weighted by Gasteiger charge is 2.37. The monoisotopic (exact) mass is 646 g/mol. The molecular weight excluding hydrogens is 616 g/mol. The number of anilines is 4. The van der Waals surface area contributed by atoms with Gasteiger partial charge in [0.1, 0.15) is 32.8 Å². The van der Waals surface area contributed by atoms with Crippen molar-refractivity contribution in [2.75, 3.05) is 22.9 Å². The van der Waals surface area contributed by atoms with Crippen molar-refractivity contribution in [1.82, 2.24) is 0 Å². The zero-order valence-corrected chi connectivity index (χ0v) is 25.7. The second-order valence-corrected chi connectivity index (χ2v) is 12.1. The van der Waals surface area contributed by atoms with Gasteiger partial charge in [0.25, 0.3) is 0 Å². The van der Waals surface area contributed by atoms with E-state index in [-0.39, 0.29) is 45.7 Å². The second-order valence-electron chi connectivity index (χ2n) is 10.2. The number of nitrogens with two attached hydrogens (primary N) is 4. The molecular formula is C36H30N4O6S. The summed E-state index contributed by atoms with van der Waals surface area (Å²) >= 11 is 0. The van der Waals surface area contributed by atoms with Crippen LogP contribution in [0, 0.1) is 0 Å². The van der Waals surface area contributed by atoms with Gasteiger partial charge < -0.3 is 41.9 Å². The molecule has 0 amide bonds. The molecule has 0 spiro atoms. The van der Waals surface area contributed by atoms with Crippen LogP contribution in [0.3, 0.4) is 0 Å². The molecule has 0 bridgehead atoms. The van der Waals surface area contributed by atoms with Crippen LogP contribution in [0.1, 0.15) is 0 Å². The Bertz CT molecular complexity index is 1980. The van der Waals surface area contributed by atoms with Gasteiger partial charge in [0.05, 0.1) is 22.7 Å². The zero-order chi connectivity index (χ0) is 33.0. The highest BCUT2D eigenvalue weighted by atomic mass is 32.2. The smallest absolute Gasteiger partial charge is 0.218 e. The molecule has 0 heterocycles. The SMILES string of the molecule is Nc1cc(Oc2ccccc2)c(Oc2ccccc2)c(S(=O)(=O)c2c(N)c(N)cc(Oc3ccccc3)c2Oc2ccccc2)c1N. The molecule has 0 aliphatic carbocycles. The molecule has 6 aromatic rings. The Labute approximate surface area is 271 Å². The zero-order valence-electron chi connectivity index (χ0n) is 24.9. The number of benzene rings is 6. The minimum absolute atomic E-state index is 0.0147. The first-order chi connectivity index (χ1) is 22.7. The van der Waals surface area contributed by atoms with Crippen LogP contribution in [0.15, 0.2) is 143 Å². The molecule has 11 heteroatoms. The fraction of sp³-hybridized carbons (Fsp3) is 0. The van der Waals surface area contributed by atoms with Gasteiger partial charge in [-0.15, -0.1) is 0 Å². The van der Waals surface area contributed by atoms with Gasteiger partial charge in [0.2, 0.25) is 9.84 Å². The topological polar surface area (TPSA) is 175 Å². The summed E-state index contributed by atoms with van der Waals surface area (Å²) in [5.41, 5.74) is 24.9. The number of rotatable bonds is 10. The normalized spacial score (nSPS) is 11.1. The molecule has 0 fully saturated rings. The van der Waals surface area contributed by atoms with Gasteiger partial charge >= 0.3 is 0 Å². The van der Waals surface area contributed by atoms with E-state index in [4.69, 9.17) is 41.9 Å². The van der Waals surface area contributed by atoms with Gasteiger partial charge in [-0.05, 0) is 48.5 Å². The summed E-state index contributed by atoms with van der Waals surface area (Å²) in [5.74, 6) is 0.912. The van der Waals surface area contributed by atoms with E-state index in [9.17, 15) is 0 Å². The third kappa shape index (κ3) is 6.42. The second kappa shape index (κ2) is 13.0. The molecule has 0 unspecified atom stereocenters. The fourth-order valence-corrected chi connectivity index (χ4v) is 6.52. The molecule has 6 rings (SSSR count). The average Bonchev–Trinajstić information content (AvgIpc) is 3.07. The van der Waals surface area contributed by atoms with Crippen LogP contribution in [-0.4, -0.2) is 8.42 Å². The predicted molar refractivity (Wildman–Crippen MR) is 182 cm³/mol. The number of para-hydroxylation sites is 4. The summed E-state index contributed by atoms with van der Waals surface area (Å²) in [6.07, 6.45) is 0. The van der Waals surface area contributed by atoms with Crippen molar-refractivity contribution in [2.45, 2.75) is 9.79 Å². The quantitative estimate of drug-likeness (QED) is 0.107. The molecule has 0 saturated carbocycles. The van der Waals surface area contributed by atoms with E-state index in [0.29, 0.717) is 23.0 Å². The van der Waals surface area contributed by atoms with Gasteiger partial charge in [-0.1, -0.05) is 72.8 Å². The molecule has 0 aliphatic heterocycles. The van der Waals surface area contributed by atoms with E-state index < -0.39 is 19.6 Å². The van der Waals surface area contributed by atoms with E-state index in [1.165, 1.54) is 12.1 Å². The van der Waals surface area contributed by atoms with Crippen LogP contribution in [0.4, 0.5) is 22.7 Å². The van der Waals surface area contributed by atoms with Crippen molar-refractivity contribution in [3.63, 3.8) is 0 Å². The lowest BCUT2D eigenvalue weighted by molar-refractivity contribution is 0.406. The van der Waals surface area contributed by atoms with Crippen molar-refractivity contribution in [3.05, 3.63) is 133 Å². The van der Waals surface area contributed by atoms with Crippen molar-refractivity contribution >= 4 is 32.6 Å². The number of nitrogen functional groups attached to an aromatic ring is 4. The molecule has 0 saturated heterocycles. The molecule has 8 N–H and O–H groups in total. The van der Waals surface area contributed by atoms with Crippen LogP contribution in [0.25, 0.3) is 0 Å². The Morgan fingerprint density at radius 3 is 0.979 bits per heavy atom. The summed E-state index contributed by atoms with van der Waals surface area (Å²) in [6.45, 7) is 0. The van der Waals surface area contributed by atoms with Crippen LogP contribution >= 0.6 is 0 Å². The highest BCUT2D eigenvalue weighted by molar-refractivity contribution is 7.92. The molecule has 0 atom stereocenters. The summed E-state index contributed by atoms with van der Waals surface area (Å²) in [4.78, 5) is -1.01. The number of hydrogen-bond donors (Lipinski definition) is 4. The summed E-state index contributed by atoms with van der Waals surface area (Å²) in [5, 5.41) is 0. The maximum absolute atomic E-state index is 15.1. The molecule has 0 aromatic heterocycles. The predicted octanol–water partition coefficient (Wildman–Crippen LogP) is 8.02.